The highest BCUT2D eigenvalue weighted by Gasteiger charge is 2.26. The third kappa shape index (κ3) is 5.11. The molecule has 142 valence electrons. The van der Waals surface area contributed by atoms with Gasteiger partial charge in [-0.1, -0.05) is 63.5 Å². The van der Waals surface area contributed by atoms with Gasteiger partial charge in [0.1, 0.15) is 11.5 Å². The zero-order valence-electron chi connectivity index (χ0n) is 17.8. The smallest absolute Gasteiger partial charge is 0.242 e. The van der Waals surface area contributed by atoms with Crippen molar-refractivity contribution in [1.29, 1.82) is 0 Å². The van der Waals surface area contributed by atoms with Crippen LogP contribution in [0.4, 0.5) is 0 Å². The fourth-order valence-electron chi connectivity index (χ4n) is 3.03. The average molecular weight is 403 g/mol. The monoisotopic (exact) mass is 402 g/mol. The number of aromatic hydroxyl groups is 1. The molecule has 0 aliphatic carbocycles. The summed E-state index contributed by atoms with van der Waals surface area (Å²) in [6.07, 6.45) is 0. The second-order valence-electron chi connectivity index (χ2n) is 10.2. The van der Waals surface area contributed by atoms with Crippen LogP contribution in [0.2, 0.25) is 58.9 Å². The van der Waals surface area contributed by atoms with Gasteiger partial charge in [0.15, 0.2) is 0 Å². The van der Waals surface area contributed by atoms with E-state index in [1.54, 1.807) is 0 Å². The van der Waals surface area contributed by atoms with E-state index in [4.69, 9.17) is 4.43 Å². The van der Waals surface area contributed by atoms with E-state index in [0.29, 0.717) is 5.75 Å². The summed E-state index contributed by atoms with van der Waals surface area (Å²) in [6.45, 7) is 20.6. The Balaban J connectivity index is 2.59. The zero-order valence-corrected chi connectivity index (χ0v) is 20.8. The van der Waals surface area contributed by atoms with Gasteiger partial charge < -0.3 is 9.53 Å². The second kappa shape index (κ2) is 7.02. The summed E-state index contributed by atoms with van der Waals surface area (Å²) in [4.78, 5) is 0. The molecule has 2 nitrogen and oxygen atoms in total. The predicted molar refractivity (Wildman–Crippen MR) is 123 cm³/mol. The van der Waals surface area contributed by atoms with E-state index in [-0.39, 0.29) is 0 Å². The van der Waals surface area contributed by atoms with E-state index >= 15 is 0 Å². The van der Waals surface area contributed by atoms with E-state index in [9.17, 15) is 5.11 Å². The number of benzene rings is 2. The second-order valence-corrected chi connectivity index (χ2v) is 24.7. The Labute approximate surface area is 162 Å². The maximum atomic E-state index is 10.3. The molecule has 2 aromatic carbocycles. The van der Waals surface area contributed by atoms with Crippen molar-refractivity contribution in [3.05, 3.63) is 36.4 Å². The molecule has 0 saturated carbocycles. The molecule has 0 bridgehead atoms. The van der Waals surface area contributed by atoms with Gasteiger partial charge in [0.05, 0.1) is 16.1 Å². The lowest BCUT2D eigenvalue weighted by Gasteiger charge is -2.27. The van der Waals surface area contributed by atoms with Crippen LogP contribution in [-0.4, -0.2) is 29.6 Å². The van der Waals surface area contributed by atoms with Crippen LogP contribution in [-0.2, 0) is 0 Å². The molecule has 0 spiro atoms. The molecule has 0 atom stereocenters. The van der Waals surface area contributed by atoms with Crippen molar-refractivity contribution in [3.63, 3.8) is 0 Å². The molecule has 0 aliphatic heterocycles. The van der Waals surface area contributed by atoms with Gasteiger partial charge in [0.25, 0.3) is 0 Å². The van der Waals surface area contributed by atoms with Gasteiger partial charge in [-0.05, 0) is 53.3 Å². The van der Waals surface area contributed by atoms with Crippen LogP contribution < -0.4 is 14.8 Å². The molecule has 0 amide bonds. The summed E-state index contributed by atoms with van der Waals surface area (Å²) in [5.41, 5.74) is 2.39. The molecule has 0 fully saturated rings. The van der Waals surface area contributed by atoms with Crippen LogP contribution in [0.25, 0.3) is 11.1 Å². The summed E-state index contributed by atoms with van der Waals surface area (Å²) < 4.78 is 6.39. The van der Waals surface area contributed by atoms with E-state index < -0.39 is 24.5 Å². The van der Waals surface area contributed by atoms with E-state index in [1.807, 2.05) is 12.1 Å². The largest absolute Gasteiger partial charge is 0.544 e. The highest BCUT2D eigenvalue weighted by molar-refractivity contribution is 6.90. The molecule has 0 aromatic heterocycles. The molecule has 0 radical (unpaired) electrons. The van der Waals surface area contributed by atoms with Crippen molar-refractivity contribution in [1.82, 2.24) is 0 Å². The molecule has 2 rings (SSSR count). The highest BCUT2D eigenvalue weighted by Crippen LogP contribution is 2.27. The number of phenols is 1. The molecule has 0 unspecified atom stereocenters. The average Bonchev–Trinajstić information content (AvgIpc) is 2.44. The fraction of sp³-hybridized carbons (Fsp3) is 0.429. The van der Waals surface area contributed by atoms with Crippen LogP contribution >= 0.6 is 0 Å². The summed E-state index contributed by atoms with van der Waals surface area (Å²) in [5, 5.41) is 12.8. The Hall–Kier alpha value is -1.31. The lowest BCUT2D eigenvalue weighted by molar-refractivity contribution is 0.479. The Kier molecular flexibility index (Phi) is 5.67. The van der Waals surface area contributed by atoms with Crippen molar-refractivity contribution < 1.29 is 9.53 Å². The summed E-state index contributed by atoms with van der Waals surface area (Å²) >= 11 is 0. The van der Waals surface area contributed by atoms with Crippen LogP contribution in [0, 0.1) is 0 Å². The first-order valence-electron chi connectivity index (χ1n) is 9.36. The van der Waals surface area contributed by atoms with Crippen LogP contribution in [0.1, 0.15) is 0 Å². The Bertz CT molecular complexity index is 794. The molecule has 0 heterocycles. The van der Waals surface area contributed by atoms with Gasteiger partial charge >= 0.3 is 0 Å². The summed E-state index contributed by atoms with van der Waals surface area (Å²) in [5.74, 6) is 1.49. The maximum Gasteiger partial charge on any atom is 0.242 e. The Morgan fingerprint density at radius 2 is 1.12 bits per heavy atom. The third-order valence-electron chi connectivity index (χ3n) is 4.34. The first-order valence-corrected chi connectivity index (χ1v) is 19.8. The molecule has 5 heteroatoms. The van der Waals surface area contributed by atoms with Gasteiger partial charge in [-0.25, -0.2) is 0 Å². The quantitative estimate of drug-likeness (QED) is 0.682. The van der Waals surface area contributed by atoms with Gasteiger partial charge in [0, 0.05) is 0 Å². The minimum absolute atomic E-state index is 0.428. The number of hydrogen-bond donors (Lipinski definition) is 1. The third-order valence-corrected chi connectivity index (χ3v) is 9.20. The number of rotatable bonds is 5. The lowest BCUT2D eigenvalue weighted by Crippen LogP contribution is -2.41. The van der Waals surface area contributed by atoms with Gasteiger partial charge in [-0.3, -0.25) is 0 Å². The Morgan fingerprint density at radius 3 is 1.58 bits per heavy atom. The van der Waals surface area contributed by atoms with E-state index in [1.165, 1.54) is 16.3 Å². The predicted octanol–water partition coefficient (Wildman–Crippen LogP) is 5.36. The lowest BCUT2D eigenvalue weighted by atomic mass is 10.1. The summed E-state index contributed by atoms with van der Waals surface area (Å²) in [6, 6.07) is 12.7. The minimum Gasteiger partial charge on any atom is -0.544 e. The van der Waals surface area contributed by atoms with Crippen molar-refractivity contribution >= 4 is 34.8 Å². The highest BCUT2D eigenvalue weighted by atomic mass is 28.4. The van der Waals surface area contributed by atoms with Crippen LogP contribution in [0.15, 0.2) is 36.4 Å². The van der Waals surface area contributed by atoms with Crippen molar-refractivity contribution in [2.45, 2.75) is 58.9 Å². The van der Waals surface area contributed by atoms with Crippen molar-refractivity contribution in [2.24, 2.45) is 0 Å². The molecular weight excluding hydrogens is 368 g/mol. The van der Waals surface area contributed by atoms with Gasteiger partial charge in [-0.2, -0.15) is 0 Å². The van der Waals surface area contributed by atoms with Crippen LogP contribution in [0.3, 0.4) is 0 Å². The molecular formula is C21H34O2Si3. The SMILES string of the molecule is C[Si](C)(C)Oc1ccc(-c2ccc(O)c([Si](C)(C)C)c2)cc1[Si](C)(C)C. The topological polar surface area (TPSA) is 29.5 Å². The molecule has 2 aromatic rings. The van der Waals surface area contributed by atoms with Gasteiger partial charge in [0.2, 0.25) is 8.32 Å². The first-order chi connectivity index (χ1) is 11.7. The maximum absolute atomic E-state index is 10.3. The number of phenolic OH excluding ortho intramolecular Hbond substituents is 1. The fourth-order valence-corrected chi connectivity index (χ4v) is 6.87. The normalized spacial score (nSPS) is 13.0. The first kappa shape index (κ1) is 21.0. The van der Waals surface area contributed by atoms with Crippen molar-refractivity contribution in [3.8, 4) is 22.6 Å². The molecule has 1 N–H and O–H groups in total. The standard InChI is InChI=1S/C21H34O2Si3/c1-24(2,3)20-14-16(10-12-18(20)22)17-11-13-19(23-26(7,8)9)21(15-17)25(4,5)6/h10-15,22H,1-9H3. The zero-order chi connectivity index (χ0) is 19.9. The van der Waals surface area contributed by atoms with E-state index in [2.05, 4.69) is 83.2 Å². The molecule has 0 aliphatic rings. The van der Waals surface area contributed by atoms with Crippen molar-refractivity contribution in [2.75, 3.05) is 0 Å². The number of hydrogen-bond acceptors (Lipinski definition) is 2. The minimum atomic E-state index is -1.65. The summed E-state index contributed by atoms with van der Waals surface area (Å²) in [7, 11) is -4.79. The van der Waals surface area contributed by atoms with E-state index in [0.717, 1.165) is 10.9 Å². The molecule has 0 saturated heterocycles. The Morgan fingerprint density at radius 1 is 0.654 bits per heavy atom. The van der Waals surface area contributed by atoms with Crippen LogP contribution in [0.5, 0.6) is 11.5 Å². The molecule has 26 heavy (non-hydrogen) atoms. The van der Waals surface area contributed by atoms with Gasteiger partial charge in [-0.15, -0.1) is 0 Å².